The number of methoxy groups -OCH3 is 2. The van der Waals surface area contributed by atoms with Gasteiger partial charge in [-0.15, -0.1) is 0 Å². The van der Waals surface area contributed by atoms with Crippen LogP contribution < -0.4 is 14.8 Å². The first kappa shape index (κ1) is 17.8. The van der Waals surface area contributed by atoms with Crippen molar-refractivity contribution in [2.45, 2.75) is 39.2 Å². The molecule has 4 nitrogen and oxygen atoms in total. The molecule has 1 aromatic carbocycles. The first-order valence-electron chi connectivity index (χ1n) is 7.80. The van der Waals surface area contributed by atoms with E-state index in [9.17, 15) is 0 Å². The monoisotopic (exact) mass is 295 g/mol. The van der Waals surface area contributed by atoms with E-state index in [-0.39, 0.29) is 6.04 Å². The zero-order chi connectivity index (χ0) is 15.5. The Balaban J connectivity index is 2.89. The number of hydrogen-bond acceptors (Lipinski definition) is 4. The van der Waals surface area contributed by atoms with Crippen LogP contribution in [0.25, 0.3) is 0 Å². The smallest absolute Gasteiger partial charge is 0.127 e. The molecule has 0 radical (unpaired) electrons. The lowest BCUT2D eigenvalue weighted by Crippen LogP contribution is -2.23. The van der Waals surface area contributed by atoms with E-state index in [1.165, 1.54) is 0 Å². The minimum absolute atomic E-state index is 0.219. The third kappa shape index (κ3) is 5.56. The zero-order valence-corrected chi connectivity index (χ0v) is 13.8. The highest BCUT2D eigenvalue weighted by atomic mass is 16.5. The fraction of sp³-hybridized carbons (Fsp3) is 0.647. The number of hydrogen-bond donors (Lipinski definition) is 1. The van der Waals surface area contributed by atoms with E-state index in [0.717, 1.165) is 56.1 Å². The second-order valence-electron chi connectivity index (χ2n) is 4.92. The predicted octanol–water partition coefficient (Wildman–Crippen LogP) is 3.56. The molecule has 1 unspecified atom stereocenters. The summed E-state index contributed by atoms with van der Waals surface area (Å²) < 4.78 is 16.5. The van der Waals surface area contributed by atoms with Crippen LogP contribution in [0.4, 0.5) is 0 Å². The van der Waals surface area contributed by atoms with Gasteiger partial charge in [-0.3, -0.25) is 0 Å². The third-order valence-electron chi connectivity index (χ3n) is 3.44. The molecule has 4 heteroatoms. The van der Waals surface area contributed by atoms with Crippen LogP contribution in [-0.4, -0.2) is 34.0 Å². The molecule has 21 heavy (non-hydrogen) atoms. The van der Waals surface area contributed by atoms with Crippen molar-refractivity contribution < 1.29 is 14.2 Å². The first-order chi connectivity index (χ1) is 10.3. The van der Waals surface area contributed by atoms with Crippen molar-refractivity contribution in [1.82, 2.24) is 5.32 Å². The predicted molar refractivity (Wildman–Crippen MR) is 86.3 cm³/mol. The number of benzene rings is 1. The van der Waals surface area contributed by atoms with Crippen LogP contribution in [-0.2, 0) is 4.74 Å². The van der Waals surface area contributed by atoms with Crippen molar-refractivity contribution >= 4 is 0 Å². The Morgan fingerprint density at radius 2 is 1.76 bits per heavy atom. The Bertz CT molecular complexity index is 373. The van der Waals surface area contributed by atoms with E-state index >= 15 is 0 Å². The van der Waals surface area contributed by atoms with Crippen LogP contribution in [0.5, 0.6) is 11.5 Å². The molecule has 1 rings (SSSR count). The lowest BCUT2D eigenvalue weighted by atomic mass is 9.99. The molecule has 0 heterocycles. The number of nitrogens with one attached hydrogen (secondary N) is 1. The third-order valence-corrected chi connectivity index (χ3v) is 3.44. The van der Waals surface area contributed by atoms with Crippen molar-refractivity contribution in [2.24, 2.45) is 0 Å². The molecule has 0 saturated heterocycles. The Hall–Kier alpha value is -1.26. The standard InChI is InChI=1S/C17H29NO3/c1-5-12-18-14(9-8-13-21-6-2)17-15(19-3)10-7-11-16(17)20-4/h7,10-11,14,18H,5-6,8-9,12-13H2,1-4H3. The van der Waals surface area contributed by atoms with Gasteiger partial charge >= 0.3 is 0 Å². The number of ether oxygens (including phenoxy) is 3. The molecule has 1 atom stereocenters. The van der Waals surface area contributed by atoms with Gasteiger partial charge in [0.1, 0.15) is 11.5 Å². The van der Waals surface area contributed by atoms with Gasteiger partial charge < -0.3 is 19.5 Å². The van der Waals surface area contributed by atoms with Gasteiger partial charge in [-0.2, -0.15) is 0 Å². The first-order valence-corrected chi connectivity index (χ1v) is 7.80. The topological polar surface area (TPSA) is 39.7 Å². The van der Waals surface area contributed by atoms with Crippen LogP contribution in [0, 0.1) is 0 Å². The van der Waals surface area contributed by atoms with Gasteiger partial charge in [0.25, 0.3) is 0 Å². The normalized spacial score (nSPS) is 12.2. The summed E-state index contributed by atoms with van der Waals surface area (Å²) in [5, 5.41) is 3.60. The fourth-order valence-electron chi connectivity index (χ4n) is 2.42. The van der Waals surface area contributed by atoms with Crippen LogP contribution >= 0.6 is 0 Å². The van der Waals surface area contributed by atoms with E-state index in [0.29, 0.717) is 0 Å². The van der Waals surface area contributed by atoms with Gasteiger partial charge in [0.2, 0.25) is 0 Å². The van der Waals surface area contributed by atoms with Gasteiger partial charge in [-0.25, -0.2) is 0 Å². The minimum atomic E-state index is 0.219. The average Bonchev–Trinajstić information content (AvgIpc) is 2.53. The minimum Gasteiger partial charge on any atom is -0.496 e. The van der Waals surface area contributed by atoms with Crippen LogP contribution in [0.3, 0.4) is 0 Å². The van der Waals surface area contributed by atoms with Gasteiger partial charge in [-0.1, -0.05) is 13.0 Å². The van der Waals surface area contributed by atoms with Crippen molar-refractivity contribution in [2.75, 3.05) is 34.0 Å². The van der Waals surface area contributed by atoms with Crippen LogP contribution in [0.2, 0.25) is 0 Å². The maximum atomic E-state index is 5.52. The van der Waals surface area contributed by atoms with E-state index in [1.807, 2.05) is 25.1 Å². The van der Waals surface area contributed by atoms with Crippen molar-refractivity contribution in [1.29, 1.82) is 0 Å². The molecule has 0 aliphatic heterocycles. The molecule has 0 aromatic heterocycles. The molecular formula is C17H29NO3. The highest BCUT2D eigenvalue weighted by molar-refractivity contribution is 5.47. The second-order valence-corrected chi connectivity index (χ2v) is 4.92. The molecule has 0 spiro atoms. The molecule has 1 aromatic rings. The zero-order valence-electron chi connectivity index (χ0n) is 13.8. The summed E-state index contributed by atoms with van der Waals surface area (Å²) in [7, 11) is 3.41. The Kier molecular flexibility index (Phi) is 8.87. The van der Waals surface area contributed by atoms with Crippen LogP contribution in [0.15, 0.2) is 18.2 Å². The van der Waals surface area contributed by atoms with E-state index < -0.39 is 0 Å². The molecule has 0 saturated carbocycles. The lowest BCUT2D eigenvalue weighted by molar-refractivity contribution is 0.140. The Morgan fingerprint density at radius 1 is 1.10 bits per heavy atom. The summed E-state index contributed by atoms with van der Waals surface area (Å²) in [5.41, 5.74) is 1.10. The highest BCUT2D eigenvalue weighted by Crippen LogP contribution is 2.36. The second kappa shape index (κ2) is 10.5. The maximum Gasteiger partial charge on any atom is 0.127 e. The molecule has 120 valence electrons. The SMILES string of the molecule is CCCNC(CCCOCC)c1c(OC)cccc1OC. The number of rotatable bonds is 11. The fourth-order valence-corrected chi connectivity index (χ4v) is 2.42. The molecule has 0 aliphatic carbocycles. The molecule has 0 bridgehead atoms. The lowest BCUT2D eigenvalue weighted by Gasteiger charge is -2.23. The largest absolute Gasteiger partial charge is 0.496 e. The molecule has 0 aliphatic rings. The van der Waals surface area contributed by atoms with E-state index in [4.69, 9.17) is 14.2 Å². The molecule has 0 amide bonds. The van der Waals surface area contributed by atoms with Crippen molar-refractivity contribution in [3.8, 4) is 11.5 Å². The van der Waals surface area contributed by atoms with Crippen LogP contribution in [0.1, 0.15) is 44.7 Å². The summed E-state index contributed by atoms with van der Waals surface area (Å²) >= 11 is 0. The Labute approximate surface area is 128 Å². The quantitative estimate of drug-likeness (QED) is 0.634. The van der Waals surface area contributed by atoms with E-state index in [1.54, 1.807) is 14.2 Å². The summed E-state index contributed by atoms with van der Waals surface area (Å²) in [6, 6.07) is 6.15. The summed E-state index contributed by atoms with van der Waals surface area (Å²) in [5.74, 6) is 1.75. The van der Waals surface area contributed by atoms with Gasteiger partial charge in [-0.05, 0) is 44.9 Å². The molecular weight excluding hydrogens is 266 g/mol. The van der Waals surface area contributed by atoms with Crippen molar-refractivity contribution in [3.05, 3.63) is 23.8 Å². The van der Waals surface area contributed by atoms with Gasteiger partial charge in [0.15, 0.2) is 0 Å². The average molecular weight is 295 g/mol. The summed E-state index contributed by atoms with van der Waals surface area (Å²) in [4.78, 5) is 0. The highest BCUT2D eigenvalue weighted by Gasteiger charge is 2.20. The van der Waals surface area contributed by atoms with Gasteiger partial charge in [0.05, 0.1) is 19.8 Å². The summed E-state index contributed by atoms with van der Waals surface area (Å²) in [6.45, 7) is 6.73. The van der Waals surface area contributed by atoms with Gasteiger partial charge in [0, 0.05) is 19.3 Å². The molecule has 1 N–H and O–H groups in total. The Morgan fingerprint density at radius 3 is 2.29 bits per heavy atom. The van der Waals surface area contributed by atoms with Crippen molar-refractivity contribution in [3.63, 3.8) is 0 Å². The van der Waals surface area contributed by atoms with E-state index in [2.05, 4.69) is 12.2 Å². The summed E-state index contributed by atoms with van der Waals surface area (Å²) in [6.07, 6.45) is 3.10. The molecule has 0 fully saturated rings. The maximum absolute atomic E-state index is 5.52.